The van der Waals surface area contributed by atoms with Crippen molar-refractivity contribution in [3.8, 4) is 0 Å². The average molecular weight is 364 g/mol. The molecule has 136 valence electrons. The smallest absolute Gasteiger partial charge is 0.250 e. The normalized spacial score (nSPS) is 12.8. The molecule has 0 spiro atoms. The molecule has 5 nitrogen and oxygen atoms in total. The first-order valence-electron chi connectivity index (χ1n) is 8.28. The van der Waals surface area contributed by atoms with Gasteiger partial charge in [0, 0.05) is 18.8 Å². The molecule has 2 atom stereocenters. The van der Waals surface area contributed by atoms with Crippen LogP contribution < -0.4 is 16.6 Å². The van der Waals surface area contributed by atoms with E-state index in [9.17, 15) is 9.59 Å². The van der Waals surface area contributed by atoms with Gasteiger partial charge in [-0.3, -0.25) is 9.59 Å². The summed E-state index contributed by atoms with van der Waals surface area (Å²) in [6.07, 6.45) is 2.65. The largest absolute Gasteiger partial charge is 0.351 e. The van der Waals surface area contributed by atoms with Crippen molar-refractivity contribution in [2.24, 2.45) is 11.7 Å². The topological polar surface area (TPSA) is 77.1 Å². The Hall–Kier alpha value is -2.11. The van der Waals surface area contributed by atoms with Crippen LogP contribution in [0.2, 0.25) is 0 Å². The van der Waals surface area contributed by atoms with E-state index in [2.05, 4.69) is 5.32 Å². The lowest BCUT2D eigenvalue weighted by Crippen LogP contribution is -2.44. The molecular weight excluding hydrogens is 338 g/mol. The molecule has 6 heteroatoms. The molecule has 25 heavy (non-hydrogen) atoms. The van der Waals surface area contributed by atoms with E-state index in [1.807, 2.05) is 44.2 Å². The number of nitrogens with one attached hydrogen (secondary N) is 1. The standard InChI is InChI=1S/C19H25N3O2.ClH/c1-3-14(2)18(20)19(24)21-12-15-7-9-16(10-8-15)13-22-11-5-4-6-17(22)23;/h4-11,14,18H,3,12-13,20H2,1-2H3,(H,21,24);1H. The first-order chi connectivity index (χ1) is 11.5. The minimum atomic E-state index is -0.473. The molecule has 1 aromatic carbocycles. The van der Waals surface area contributed by atoms with E-state index in [-0.39, 0.29) is 29.8 Å². The van der Waals surface area contributed by atoms with E-state index in [0.717, 1.165) is 17.5 Å². The van der Waals surface area contributed by atoms with Crippen LogP contribution in [0.25, 0.3) is 0 Å². The van der Waals surface area contributed by atoms with E-state index >= 15 is 0 Å². The molecule has 0 radical (unpaired) electrons. The summed E-state index contributed by atoms with van der Waals surface area (Å²) < 4.78 is 1.65. The van der Waals surface area contributed by atoms with Gasteiger partial charge >= 0.3 is 0 Å². The predicted molar refractivity (Wildman–Crippen MR) is 103 cm³/mol. The van der Waals surface area contributed by atoms with Crippen molar-refractivity contribution in [1.29, 1.82) is 0 Å². The van der Waals surface area contributed by atoms with Gasteiger partial charge in [-0.15, -0.1) is 12.4 Å². The Morgan fingerprint density at radius 1 is 1.16 bits per heavy atom. The molecule has 2 unspecified atom stereocenters. The second-order valence-corrected chi connectivity index (χ2v) is 6.11. The number of rotatable bonds is 7. The van der Waals surface area contributed by atoms with Crippen LogP contribution in [-0.2, 0) is 17.9 Å². The van der Waals surface area contributed by atoms with Crippen LogP contribution in [-0.4, -0.2) is 16.5 Å². The molecule has 0 aliphatic rings. The molecular formula is C19H26ClN3O2. The van der Waals surface area contributed by atoms with Crippen LogP contribution in [0.3, 0.4) is 0 Å². The van der Waals surface area contributed by atoms with Gasteiger partial charge in [0.2, 0.25) is 5.91 Å². The van der Waals surface area contributed by atoms with Crippen molar-refractivity contribution in [3.05, 3.63) is 70.1 Å². The summed E-state index contributed by atoms with van der Waals surface area (Å²) in [6, 6.07) is 12.5. The molecule has 2 aromatic rings. The lowest BCUT2D eigenvalue weighted by atomic mass is 9.99. The number of aromatic nitrogens is 1. The Balaban J connectivity index is 0.00000312. The number of halogens is 1. The number of hydrogen-bond donors (Lipinski definition) is 2. The van der Waals surface area contributed by atoms with Crippen LogP contribution in [0.15, 0.2) is 53.5 Å². The summed E-state index contributed by atoms with van der Waals surface area (Å²) in [4.78, 5) is 23.7. The highest BCUT2D eigenvalue weighted by Crippen LogP contribution is 2.08. The molecule has 2 rings (SSSR count). The van der Waals surface area contributed by atoms with Crippen LogP contribution >= 0.6 is 12.4 Å². The molecule has 0 fully saturated rings. The number of benzene rings is 1. The molecule has 0 aliphatic carbocycles. The Morgan fingerprint density at radius 3 is 2.40 bits per heavy atom. The summed E-state index contributed by atoms with van der Waals surface area (Å²) in [7, 11) is 0. The maximum Gasteiger partial charge on any atom is 0.250 e. The number of nitrogens with zero attached hydrogens (tertiary/aromatic N) is 1. The third kappa shape index (κ3) is 6.03. The molecule has 0 bridgehead atoms. The van der Waals surface area contributed by atoms with E-state index in [4.69, 9.17) is 5.73 Å². The van der Waals surface area contributed by atoms with Gasteiger partial charge < -0.3 is 15.6 Å². The number of pyridine rings is 1. The van der Waals surface area contributed by atoms with Gasteiger partial charge in [0.1, 0.15) is 0 Å². The quantitative estimate of drug-likeness (QED) is 0.792. The zero-order valence-corrected chi connectivity index (χ0v) is 15.5. The molecule has 0 aliphatic heterocycles. The van der Waals surface area contributed by atoms with Crippen molar-refractivity contribution in [2.75, 3.05) is 0 Å². The Bertz CT molecular complexity index is 728. The molecule has 0 saturated carbocycles. The second kappa shape index (κ2) is 10.0. The Kier molecular flexibility index (Phi) is 8.38. The molecule has 1 amide bonds. The Morgan fingerprint density at radius 2 is 1.80 bits per heavy atom. The lowest BCUT2D eigenvalue weighted by molar-refractivity contribution is -0.123. The zero-order chi connectivity index (χ0) is 17.5. The molecule has 3 N–H and O–H groups in total. The van der Waals surface area contributed by atoms with Crippen LogP contribution in [0, 0.1) is 5.92 Å². The van der Waals surface area contributed by atoms with Gasteiger partial charge in [-0.1, -0.05) is 50.6 Å². The number of nitrogens with two attached hydrogens (primary N) is 1. The average Bonchev–Trinajstić information content (AvgIpc) is 2.61. The highest BCUT2D eigenvalue weighted by molar-refractivity contribution is 5.85. The highest BCUT2D eigenvalue weighted by Gasteiger charge is 2.18. The predicted octanol–water partition coefficient (Wildman–Crippen LogP) is 2.31. The monoisotopic (exact) mass is 363 g/mol. The van der Waals surface area contributed by atoms with Gasteiger partial charge in [-0.2, -0.15) is 0 Å². The summed E-state index contributed by atoms with van der Waals surface area (Å²) in [5, 5.41) is 2.87. The first-order valence-corrected chi connectivity index (χ1v) is 8.28. The third-order valence-electron chi connectivity index (χ3n) is 4.30. The zero-order valence-electron chi connectivity index (χ0n) is 14.6. The van der Waals surface area contributed by atoms with Crippen LogP contribution in [0.5, 0.6) is 0 Å². The Labute approximate surface area is 154 Å². The van der Waals surface area contributed by atoms with Crippen molar-refractivity contribution in [2.45, 2.75) is 39.4 Å². The summed E-state index contributed by atoms with van der Waals surface area (Å²) >= 11 is 0. The fraction of sp³-hybridized carbons (Fsp3) is 0.368. The number of hydrogen-bond acceptors (Lipinski definition) is 3. The van der Waals surface area contributed by atoms with Crippen molar-refractivity contribution >= 4 is 18.3 Å². The van der Waals surface area contributed by atoms with E-state index in [1.165, 1.54) is 0 Å². The van der Waals surface area contributed by atoms with Crippen molar-refractivity contribution < 1.29 is 4.79 Å². The second-order valence-electron chi connectivity index (χ2n) is 6.11. The number of carbonyl (C=O) groups excluding carboxylic acids is 1. The first kappa shape index (κ1) is 20.9. The summed E-state index contributed by atoms with van der Waals surface area (Å²) in [5.74, 6) is 0.0424. The molecule has 1 aromatic heterocycles. The van der Waals surface area contributed by atoms with E-state index < -0.39 is 6.04 Å². The van der Waals surface area contributed by atoms with E-state index in [1.54, 1.807) is 22.9 Å². The molecule has 0 saturated heterocycles. The third-order valence-corrected chi connectivity index (χ3v) is 4.30. The fourth-order valence-corrected chi connectivity index (χ4v) is 2.37. The highest BCUT2D eigenvalue weighted by atomic mass is 35.5. The van der Waals surface area contributed by atoms with Crippen LogP contribution in [0.1, 0.15) is 31.4 Å². The van der Waals surface area contributed by atoms with Crippen LogP contribution in [0.4, 0.5) is 0 Å². The minimum absolute atomic E-state index is 0. The minimum Gasteiger partial charge on any atom is -0.351 e. The van der Waals surface area contributed by atoms with Crippen molar-refractivity contribution in [1.82, 2.24) is 9.88 Å². The van der Waals surface area contributed by atoms with Gasteiger partial charge in [-0.05, 0) is 23.1 Å². The van der Waals surface area contributed by atoms with Gasteiger partial charge in [0.05, 0.1) is 12.6 Å². The SMILES string of the molecule is CCC(C)C(N)C(=O)NCc1ccc(Cn2ccccc2=O)cc1.Cl. The maximum atomic E-state index is 12.0. The van der Waals surface area contributed by atoms with E-state index in [0.29, 0.717) is 13.1 Å². The van der Waals surface area contributed by atoms with Gasteiger partial charge in [0.25, 0.3) is 5.56 Å². The maximum absolute atomic E-state index is 12.0. The summed E-state index contributed by atoms with van der Waals surface area (Å²) in [5.41, 5.74) is 7.94. The molecule has 1 heterocycles. The summed E-state index contributed by atoms with van der Waals surface area (Å²) in [6.45, 7) is 4.99. The number of amides is 1. The van der Waals surface area contributed by atoms with Crippen molar-refractivity contribution in [3.63, 3.8) is 0 Å². The fourth-order valence-electron chi connectivity index (χ4n) is 2.37. The lowest BCUT2D eigenvalue weighted by Gasteiger charge is -2.17. The van der Waals surface area contributed by atoms with Gasteiger partial charge in [0.15, 0.2) is 0 Å². The number of carbonyl (C=O) groups is 1. The van der Waals surface area contributed by atoms with Gasteiger partial charge in [-0.25, -0.2) is 0 Å².